The molecular weight excluding hydrogens is 280 g/mol. The molecule has 2 aromatic rings. The van der Waals surface area contributed by atoms with Crippen LogP contribution in [0.2, 0.25) is 0 Å². The van der Waals surface area contributed by atoms with Gasteiger partial charge in [-0.2, -0.15) is 5.10 Å². The van der Waals surface area contributed by atoms with Gasteiger partial charge in [0.15, 0.2) is 0 Å². The molecule has 9 heteroatoms. The molecule has 0 saturated heterocycles. The van der Waals surface area contributed by atoms with E-state index in [9.17, 15) is 8.42 Å². The number of aryl methyl sites for hydroxylation is 1. The van der Waals surface area contributed by atoms with Gasteiger partial charge in [0.2, 0.25) is 5.95 Å². The van der Waals surface area contributed by atoms with Crippen LogP contribution in [0, 0.1) is 0 Å². The Morgan fingerprint density at radius 2 is 2.00 bits per heavy atom. The number of hydrogen-bond acceptors (Lipinski definition) is 6. The summed E-state index contributed by atoms with van der Waals surface area (Å²) >= 11 is 0. The molecule has 2 heterocycles. The molecule has 2 rings (SSSR count). The van der Waals surface area contributed by atoms with E-state index < -0.39 is 10.0 Å². The molecule has 0 aliphatic carbocycles. The van der Waals surface area contributed by atoms with Gasteiger partial charge in [-0.05, 0) is 6.42 Å². The molecule has 0 fully saturated rings. The van der Waals surface area contributed by atoms with Crippen LogP contribution in [0.5, 0.6) is 0 Å². The third-order valence-electron chi connectivity index (χ3n) is 2.53. The Bertz CT molecular complexity index is 664. The number of aromatic nitrogens is 4. The zero-order valence-electron chi connectivity index (χ0n) is 11.2. The number of nitrogens with zero attached hydrogens (tertiary/aromatic N) is 4. The summed E-state index contributed by atoms with van der Waals surface area (Å²) in [7, 11) is -2.06. The summed E-state index contributed by atoms with van der Waals surface area (Å²) in [4.78, 5) is 7.94. The average molecular weight is 296 g/mol. The predicted octanol–water partition coefficient (Wildman–Crippen LogP) is 0.833. The second-order valence-corrected chi connectivity index (χ2v) is 5.80. The smallest absolute Gasteiger partial charge is 0.266 e. The van der Waals surface area contributed by atoms with Crippen LogP contribution < -0.4 is 10.0 Å². The monoisotopic (exact) mass is 296 g/mol. The van der Waals surface area contributed by atoms with E-state index in [2.05, 4.69) is 25.1 Å². The predicted molar refractivity (Wildman–Crippen MR) is 74.8 cm³/mol. The highest BCUT2D eigenvalue weighted by Gasteiger charge is 2.16. The average Bonchev–Trinajstić information content (AvgIpc) is 2.82. The first-order chi connectivity index (χ1) is 9.53. The lowest BCUT2D eigenvalue weighted by molar-refractivity contribution is 0.599. The van der Waals surface area contributed by atoms with Crippen LogP contribution in [-0.2, 0) is 17.1 Å². The van der Waals surface area contributed by atoms with Crippen LogP contribution >= 0.6 is 0 Å². The van der Waals surface area contributed by atoms with E-state index in [-0.39, 0.29) is 4.90 Å². The van der Waals surface area contributed by atoms with Crippen LogP contribution in [0.3, 0.4) is 0 Å². The minimum absolute atomic E-state index is 0.000693. The van der Waals surface area contributed by atoms with E-state index in [1.165, 1.54) is 23.3 Å². The molecule has 8 nitrogen and oxygen atoms in total. The third-order valence-corrected chi connectivity index (χ3v) is 3.84. The van der Waals surface area contributed by atoms with Crippen LogP contribution in [-0.4, -0.2) is 34.7 Å². The lowest BCUT2D eigenvalue weighted by Gasteiger charge is -2.08. The van der Waals surface area contributed by atoms with Gasteiger partial charge in [-0.1, -0.05) is 6.92 Å². The van der Waals surface area contributed by atoms with Crippen molar-refractivity contribution in [3.05, 3.63) is 24.7 Å². The SMILES string of the molecule is CCCNc1ncc(S(=O)(=O)Nc2ccnn2C)cn1. The summed E-state index contributed by atoms with van der Waals surface area (Å²) in [6.45, 7) is 2.75. The highest BCUT2D eigenvalue weighted by Crippen LogP contribution is 2.14. The van der Waals surface area contributed by atoms with Gasteiger partial charge < -0.3 is 5.32 Å². The Hall–Kier alpha value is -2.16. The van der Waals surface area contributed by atoms with Crippen LogP contribution in [0.25, 0.3) is 0 Å². The van der Waals surface area contributed by atoms with Gasteiger partial charge in [-0.25, -0.2) is 18.4 Å². The number of nitrogens with one attached hydrogen (secondary N) is 2. The summed E-state index contributed by atoms with van der Waals surface area (Å²) in [5, 5.41) is 6.87. The lowest BCUT2D eigenvalue weighted by Crippen LogP contribution is -2.16. The fourth-order valence-electron chi connectivity index (χ4n) is 1.45. The quantitative estimate of drug-likeness (QED) is 0.818. The molecule has 0 radical (unpaired) electrons. The zero-order valence-corrected chi connectivity index (χ0v) is 12.1. The first-order valence-corrected chi connectivity index (χ1v) is 7.58. The molecule has 0 aliphatic rings. The standard InChI is InChI=1S/C11H16N6O2S/c1-3-5-12-11-13-7-9(8-14-11)20(18,19)16-10-4-6-15-17(10)2/h4,6-8,16H,3,5H2,1-2H3,(H,12,13,14). The number of anilines is 2. The Balaban J connectivity index is 2.15. The molecule has 108 valence electrons. The zero-order chi connectivity index (χ0) is 14.6. The van der Waals surface area contributed by atoms with E-state index in [0.717, 1.165) is 13.0 Å². The van der Waals surface area contributed by atoms with Crippen molar-refractivity contribution in [2.45, 2.75) is 18.2 Å². The van der Waals surface area contributed by atoms with E-state index in [0.29, 0.717) is 11.8 Å². The molecule has 0 aromatic carbocycles. The van der Waals surface area contributed by atoms with Crippen LogP contribution in [0.4, 0.5) is 11.8 Å². The second kappa shape index (κ2) is 5.87. The number of hydrogen-bond donors (Lipinski definition) is 2. The van der Waals surface area contributed by atoms with Crippen molar-refractivity contribution < 1.29 is 8.42 Å². The molecule has 2 N–H and O–H groups in total. The van der Waals surface area contributed by atoms with Crippen LogP contribution in [0.1, 0.15) is 13.3 Å². The maximum absolute atomic E-state index is 12.1. The fourth-order valence-corrected chi connectivity index (χ4v) is 2.43. The molecule has 0 spiro atoms. The van der Waals surface area contributed by atoms with Gasteiger partial charge in [-0.3, -0.25) is 9.40 Å². The Morgan fingerprint density at radius 1 is 1.30 bits per heavy atom. The van der Waals surface area contributed by atoms with Crippen molar-refractivity contribution in [2.24, 2.45) is 7.05 Å². The summed E-state index contributed by atoms with van der Waals surface area (Å²) in [6.07, 6.45) is 4.98. The third kappa shape index (κ3) is 3.23. The normalized spacial score (nSPS) is 11.3. The van der Waals surface area contributed by atoms with Crippen molar-refractivity contribution in [2.75, 3.05) is 16.6 Å². The van der Waals surface area contributed by atoms with E-state index in [4.69, 9.17) is 0 Å². The molecule has 0 bridgehead atoms. The summed E-state index contributed by atoms with van der Waals surface area (Å²) in [6, 6.07) is 1.57. The maximum atomic E-state index is 12.1. The minimum atomic E-state index is -3.71. The van der Waals surface area contributed by atoms with Crippen molar-refractivity contribution in [3.8, 4) is 0 Å². The Labute approximate surface area is 117 Å². The largest absolute Gasteiger partial charge is 0.354 e. The highest BCUT2D eigenvalue weighted by atomic mass is 32.2. The molecule has 0 atom stereocenters. The van der Waals surface area contributed by atoms with E-state index in [1.807, 2.05) is 6.92 Å². The van der Waals surface area contributed by atoms with Crippen LogP contribution in [0.15, 0.2) is 29.6 Å². The van der Waals surface area contributed by atoms with E-state index in [1.54, 1.807) is 13.1 Å². The molecule has 20 heavy (non-hydrogen) atoms. The molecule has 0 unspecified atom stereocenters. The Morgan fingerprint density at radius 3 is 2.55 bits per heavy atom. The highest BCUT2D eigenvalue weighted by molar-refractivity contribution is 7.92. The molecule has 0 amide bonds. The number of rotatable bonds is 6. The van der Waals surface area contributed by atoms with Crippen molar-refractivity contribution in [3.63, 3.8) is 0 Å². The number of sulfonamides is 1. The lowest BCUT2D eigenvalue weighted by atomic mass is 10.5. The summed E-state index contributed by atoms with van der Waals surface area (Å²) < 4.78 is 28.1. The topological polar surface area (TPSA) is 102 Å². The minimum Gasteiger partial charge on any atom is -0.354 e. The van der Waals surface area contributed by atoms with Crippen molar-refractivity contribution in [1.29, 1.82) is 0 Å². The van der Waals surface area contributed by atoms with Gasteiger partial charge in [0, 0.05) is 19.7 Å². The van der Waals surface area contributed by atoms with Crippen molar-refractivity contribution in [1.82, 2.24) is 19.7 Å². The first-order valence-electron chi connectivity index (χ1n) is 6.09. The summed E-state index contributed by atoms with van der Waals surface area (Å²) in [5.41, 5.74) is 0. The second-order valence-electron chi connectivity index (χ2n) is 4.11. The molecule has 0 saturated carbocycles. The Kier molecular flexibility index (Phi) is 4.18. The first kappa shape index (κ1) is 14.3. The van der Waals surface area contributed by atoms with Gasteiger partial charge in [0.05, 0.1) is 18.6 Å². The van der Waals surface area contributed by atoms with Crippen molar-refractivity contribution >= 4 is 21.8 Å². The summed E-state index contributed by atoms with van der Waals surface area (Å²) in [5.74, 6) is 0.782. The van der Waals surface area contributed by atoms with Gasteiger partial charge >= 0.3 is 0 Å². The van der Waals surface area contributed by atoms with Gasteiger partial charge in [0.25, 0.3) is 10.0 Å². The van der Waals surface area contributed by atoms with Gasteiger partial charge in [0.1, 0.15) is 10.7 Å². The van der Waals surface area contributed by atoms with Gasteiger partial charge in [-0.15, -0.1) is 0 Å². The molecule has 2 aromatic heterocycles. The molecular formula is C11H16N6O2S. The fraction of sp³-hybridized carbons (Fsp3) is 0.364. The van der Waals surface area contributed by atoms with E-state index >= 15 is 0 Å². The molecule has 0 aliphatic heterocycles. The maximum Gasteiger partial charge on any atom is 0.266 e.